The Kier molecular flexibility index (Phi) is 5.81. The molecule has 1 fully saturated rings. The molecule has 0 bridgehead atoms. The van der Waals surface area contributed by atoms with Crippen molar-refractivity contribution in [3.05, 3.63) is 34.1 Å². The minimum absolute atomic E-state index is 0.00644. The first-order chi connectivity index (χ1) is 9.96. The largest absolute Gasteiger partial charge is 0.308 e. The Labute approximate surface area is 136 Å². The molecule has 1 atom stereocenters. The van der Waals surface area contributed by atoms with Crippen LogP contribution in [0.25, 0.3) is 0 Å². The van der Waals surface area contributed by atoms with E-state index in [1.54, 1.807) is 12.1 Å². The lowest BCUT2D eigenvalue weighted by Crippen LogP contribution is -2.52. The van der Waals surface area contributed by atoms with E-state index in [1.807, 2.05) is 6.07 Å². The fourth-order valence-electron chi connectivity index (χ4n) is 3.24. The first-order valence-electron chi connectivity index (χ1n) is 7.90. The normalized spacial score (nSPS) is 18.1. The summed E-state index contributed by atoms with van der Waals surface area (Å²) in [5.41, 5.74) is 0.655. The van der Waals surface area contributed by atoms with E-state index in [1.165, 1.54) is 12.8 Å². The van der Waals surface area contributed by atoms with Crippen LogP contribution in [0.1, 0.15) is 51.6 Å². The monoisotopic (exact) mass is 356 g/mol. The third kappa shape index (κ3) is 3.85. The molecule has 0 aliphatic carbocycles. The first-order valence-corrected chi connectivity index (χ1v) is 8.69. The summed E-state index contributed by atoms with van der Waals surface area (Å²) in [6.07, 6.45) is 3.53. The molecule has 1 aliphatic rings. The fraction of sp³-hybridized carbons (Fsp3) is 0.647. The molecule has 0 amide bonds. The lowest BCUT2D eigenvalue weighted by molar-refractivity contribution is 0.105. The highest BCUT2D eigenvalue weighted by Crippen LogP contribution is 2.35. The van der Waals surface area contributed by atoms with E-state index >= 15 is 0 Å². The predicted octanol–water partition coefficient (Wildman–Crippen LogP) is 4.50. The molecule has 1 aliphatic heterocycles. The van der Waals surface area contributed by atoms with Crippen LogP contribution >= 0.6 is 15.9 Å². The van der Waals surface area contributed by atoms with Crippen molar-refractivity contribution >= 4 is 15.9 Å². The van der Waals surface area contributed by atoms with Crippen LogP contribution in [0.4, 0.5) is 4.39 Å². The van der Waals surface area contributed by atoms with Gasteiger partial charge in [0, 0.05) is 15.6 Å². The van der Waals surface area contributed by atoms with Crippen molar-refractivity contribution in [2.45, 2.75) is 51.6 Å². The van der Waals surface area contributed by atoms with Crippen LogP contribution in [0.2, 0.25) is 0 Å². The van der Waals surface area contributed by atoms with Crippen LogP contribution < -0.4 is 5.32 Å². The van der Waals surface area contributed by atoms with Gasteiger partial charge in [0.15, 0.2) is 0 Å². The number of benzene rings is 1. The number of rotatable bonds is 6. The van der Waals surface area contributed by atoms with Gasteiger partial charge in [0.1, 0.15) is 5.82 Å². The zero-order valence-electron chi connectivity index (χ0n) is 13.3. The lowest BCUT2D eigenvalue weighted by atomic mass is 9.86. The number of hydrogen-bond acceptors (Lipinski definition) is 2. The van der Waals surface area contributed by atoms with Crippen molar-refractivity contribution in [3.63, 3.8) is 0 Å². The zero-order chi connectivity index (χ0) is 15.5. The van der Waals surface area contributed by atoms with Gasteiger partial charge < -0.3 is 5.32 Å². The standard InChI is InChI=1S/C17H26BrFN2/c1-4-9-20-16(14-12-13(18)7-8-15(14)19)17(2,3)21-10-5-6-11-21/h7-8,12,16,20H,4-6,9-11H2,1-3H3. The number of nitrogens with zero attached hydrogens (tertiary/aromatic N) is 1. The number of nitrogens with one attached hydrogen (secondary N) is 1. The summed E-state index contributed by atoms with van der Waals surface area (Å²) in [5, 5.41) is 3.57. The molecule has 1 saturated heterocycles. The molecule has 1 unspecified atom stereocenters. The summed E-state index contributed by atoms with van der Waals surface area (Å²) in [6.45, 7) is 9.70. The van der Waals surface area contributed by atoms with E-state index < -0.39 is 0 Å². The number of halogens is 2. The molecule has 2 rings (SSSR count). The Morgan fingerprint density at radius 1 is 1.33 bits per heavy atom. The second-order valence-electron chi connectivity index (χ2n) is 6.40. The topological polar surface area (TPSA) is 15.3 Å². The zero-order valence-corrected chi connectivity index (χ0v) is 14.8. The summed E-state index contributed by atoms with van der Waals surface area (Å²) in [5.74, 6) is -0.126. The second kappa shape index (κ2) is 7.21. The maximum atomic E-state index is 14.4. The number of hydrogen-bond donors (Lipinski definition) is 1. The molecule has 1 heterocycles. The van der Waals surface area contributed by atoms with Crippen LogP contribution in [-0.4, -0.2) is 30.1 Å². The third-order valence-electron chi connectivity index (χ3n) is 4.50. The maximum Gasteiger partial charge on any atom is 0.128 e. The Morgan fingerprint density at radius 2 is 2.00 bits per heavy atom. The van der Waals surface area contributed by atoms with E-state index in [0.29, 0.717) is 0 Å². The Hall–Kier alpha value is -0.450. The van der Waals surface area contributed by atoms with Crippen molar-refractivity contribution in [1.29, 1.82) is 0 Å². The van der Waals surface area contributed by atoms with Gasteiger partial charge in [0.2, 0.25) is 0 Å². The molecule has 0 radical (unpaired) electrons. The molecule has 1 aromatic rings. The van der Waals surface area contributed by atoms with E-state index in [0.717, 1.165) is 36.1 Å². The van der Waals surface area contributed by atoms with E-state index in [4.69, 9.17) is 0 Å². The van der Waals surface area contributed by atoms with Crippen molar-refractivity contribution in [1.82, 2.24) is 10.2 Å². The van der Waals surface area contributed by atoms with Crippen molar-refractivity contribution in [2.75, 3.05) is 19.6 Å². The van der Waals surface area contributed by atoms with Crippen LogP contribution in [0.15, 0.2) is 22.7 Å². The average Bonchev–Trinajstić information content (AvgIpc) is 2.97. The van der Waals surface area contributed by atoms with Gasteiger partial charge in [-0.25, -0.2) is 4.39 Å². The molecule has 2 nitrogen and oxygen atoms in total. The fourth-order valence-corrected chi connectivity index (χ4v) is 3.62. The van der Waals surface area contributed by atoms with Gasteiger partial charge in [-0.2, -0.15) is 0 Å². The Morgan fingerprint density at radius 3 is 2.62 bits per heavy atom. The molecule has 1 N–H and O–H groups in total. The van der Waals surface area contributed by atoms with Crippen LogP contribution in [0, 0.1) is 5.82 Å². The average molecular weight is 357 g/mol. The summed E-state index contributed by atoms with van der Waals surface area (Å²) >= 11 is 3.48. The summed E-state index contributed by atoms with van der Waals surface area (Å²) < 4.78 is 15.3. The maximum absolute atomic E-state index is 14.4. The van der Waals surface area contributed by atoms with Crippen molar-refractivity contribution < 1.29 is 4.39 Å². The molecule has 118 valence electrons. The molecule has 0 saturated carbocycles. The van der Waals surface area contributed by atoms with Crippen molar-refractivity contribution in [2.24, 2.45) is 0 Å². The van der Waals surface area contributed by atoms with Crippen molar-refractivity contribution in [3.8, 4) is 0 Å². The van der Waals surface area contributed by atoms with Gasteiger partial charge in [0.25, 0.3) is 0 Å². The van der Waals surface area contributed by atoms with Crippen LogP contribution in [-0.2, 0) is 0 Å². The summed E-state index contributed by atoms with van der Waals surface area (Å²) in [7, 11) is 0. The van der Waals surface area contributed by atoms with Crippen LogP contribution in [0.3, 0.4) is 0 Å². The van der Waals surface area contributed by atoms with E-state index in [9.17, 15) is 4.39 Å². The SMILES string of the molecule is CCCNC(c1cc(Br)ccc1F)C(C)(C)N1CCCC1. The van der Waals surface area contributed by atoms with Gasteiger partial charge >= 0.3 is 0 Å². The van der Waals surface area contributed by atoms with Crippen LogP contribution in [0.5, 0.6) is 0 Å². The highest BCUT2D eigenvalue weighted by Gasteiger charge is 2.38. The minimum atomic E-state index is -0.126. The summed E-state index contributed by atoms with van der Waals surface area (Å²) in [6, 6.07) is 5.23. The van der Waals surface area contributed by atoms with Gasteiger partial charge in [-0.3, -0.25) is 4.90 Å². The van der Waals surface area contributed by atoms with E-state index in [2.05, 4.69) is 46.9 Å². The quantitative estimate of drug-likeness (QED) is 0.806. The van der Waals surface area contributed by atoms with E-state index in [-0.39, 0.29) is 17.4 Å². The molecular formula is C17H26BrFN2. The highest BCUT2D eigenvalue weighted by molar-refractivity contribution is 9.10. The molecule has 0 spiro atoms. The first kappa shape index (κ1) is 16.9. The molecule has 21 heavy (non-hydrogen) atoms. The van der Waals surface area contributed by atoms with Gasteiger partial charge in [-0.05, 0) is 70.9 Å². The Bertz CT molecular complexity index is 470. The van der Waals surface area contributed by atoms with Gasteiger partial charge in [0.05, 0.1) is 6.04 Å². The lowest BCUT2D eigenvalue weighted by Gasteiger charge is -2.43. The second-order valence-corrected chi connectivity index (χ2v) is 7.32. The number of likely N-dealkylation sites (tertiary alicyclic amines) is 1. The minimum Gasteiger partial charge on any atom is -0.308 e. The third-order valence-corrected chi connectivity index (χ3v) is 4.99. The van der Waals surface area contributed by atoms with Gasteiger partial charge in [-0.1, -0.05) is 22.9 Å². The van der Waals surface area contributed by atoms with Gasteiger partial charge in [-0.15, -0.1) is 0 Å². The highest BCUT2D eigenvalue weighted by atomic mass is 79.9. The smallest absolute Gasteiger partial charge is 0.128 e. The predicted molar refractivity (Wildman–Crippen MR) is 90.0 cm³/mol. The molecule has 4 heteroatoms. The molecule has 0 aromatic heterocycles. The molecule has 1 aromatic carbocycles. The Balaban J connectivity index is 2.34. The molecular weight excluding hydrogens is 331 g/mol. The summed E-state index contributed by atoms with van der Waals surface area (Å²) in [4.78, 5) is 2.49.